The van der Waals surface area contributed by atoms with Crippen molar-refractivity contribution in [3.05, 3.63) is 106 Å². The summed E-state index contributed by atoms with van der Waals surface area (Å²) < 4.78 is 16.0. The zero-order valence-electron chi connectivity index (χ0n) is 24.5. The molecule has 1 aliphatic rings. The average Bonchev–Trinajstić information content (AvgIpc) is 3.05. The van der Waals surface area contributed by atoms with Gasteiger partial charge in [-0.15, -0.1) is 0 Å². The van der Waals surface area contributed by atoms with Gasteiger partial charge < -0.3 is 19.9 Å². The molecule has 0 bridgehead atoms. The van der Waals surface area contributed by atoms with Crippen molar-refractivity contribution in [2.75, 3.05) is 11.1 Å². The third-order valence-corrected chi connectivity index (χ3v) is 8.36. The molecule has 1 amide bonds. The molecule has 0 aromatic heterocycles. The molecule has 0 aliphatic heterocycles. The number of nitrogens with one attached hydrogen (secondary N) is 2. The first-order valence-electron chi connectivity index (χ1n) is 14.6. The summed E-state index contributed by atoms with van der Waals surface area (Å²) in [5.74, 6) is 1.85. The Bertz CT molecular complexity index is 1540. The maximum atomic E-state index is 12.7. The van der Waals surface area contributed by atoms with Crippen LogP contribution in [0.2, 0.25) is 0 Å². The lowest BCUT2D eigenvalue weighted by Gasteiger charge is -2.29. The van der Waals surface area contributed by atoms with Crippen molar-refractivity contribution in [2.24, 2.45) is 0 Å². The minimum absolute atomic E-state index is 0.0354. The van der Waals surface area contributed by atoms with E-state index in [2.05, 4.69) is 29.1 Å². The Balaban J connectivity index is 0.00000216. The van der Waals surface area contributed by atoms with Crippen LogP contribution < -0.4 is 19.5 Å². The van der Waals surface area contributed by atoms with Crippen LogP contribution in [0.15, 0.2) is 84.9 Å². The third-order valence-electron chi connectivity index (χ3n) is 7.37. The number of ether oxygens (including phenoxy) is 2. The molecule has 5 rings (SSSR count). The Labute approximate surface area is 260 Å². The van der Waals surface area contributed by atoms with Crippen LogP contribution in [-0.2, 0) is 0 Å². The zero-order chi connectivity index (χ0) is 31.3. The Morgan fingerprint density at radius 1 is 0.841 bits per heavy atom. The zero-order valence-corrected chi connectivity index (χ0v) is 25.3. The summed E-state index contributed by atoms with van der Waals surface area (Å²) in [6.07, 6.45) is 7.15. The van der Waals surface area contributed by atoms with Crippen molar-refractivity contribution < 1.29 is 24.2 Å². The van der Waals surface area contributed by atoms with Gasteiger partial charge >= 0.3 is 5.97 Å². The molecule has 1 fully saturated rings. The number of benzene rings is 4. The lowest BCUT2D eigenvalue weighted by Crippen LogP contribution is -2.33. The van der Waals surface area contributed by atoms with Crippen molar-refractivity contribution in [3.8, 4) is 17.2 Å². The number of amides is 1. The highest BCUT2D eigenvalue weighted by Gasteiger charge is 2.22. The summed E-state index contributed by atoms with van der Waals surface area (Å²) in [6, 6.07) is 25.7. The van der Waals surface area contributed by atoms with Gasteiger partial charge in [0, 0.05) is 27.3 Å². The number of aromatic carboxylic acids is 1. The summed E-state index contributed by atoms with van der Waals surface area (Å²) >= 11 is 1.86. The number of hydrogen-bond donors (Lipinski definition) is 3. The third kappa shape index (κ3) is 9.05. The number of fused-ring (bicyclic) bond motifs is 1. The second kappa shape index (κ2) is 16.4. The van der Waals surface area contributed by atoms with Gasteiger partial charge in [-0.1, -0.05) is 49.6 Å². The molecule has 230 valence electrons. The van der Waals surface area contributed by atoms with Crippen LogP contribution in [0.5, 0.6) is 17.2 Å². The second-order valence-electron chi connectivity index (χ2n) is 10.5. The number of carbonyl (C=O) groups is 2. The number of carbonyl (C=O) groups excluding carboxylic acids is 1. The van der Waals surface area contributed by atoms with E-state index >= 15 is 0 Å². The van der Waals surface area contributed by atoms with E-state index in [-0.39, 0.29) is 17.4 Å². The van der Waals surface area contributed by atoms with Crippen LogP contribution in [0.1, 0.15) is 66.2 Å². The Morgan fingerprint density at radius 2 is 1.48 bits per heavy atom. The first kappa shape index (κ1) is 32.5. The summed E-state index contributed by atoms with van der Waals surface area (Å²) in [5.41, 5.74) is 0.675. The van der Waals surface area contributed by atoms with Gasteiger partial charge in [0.2, 0.25) is 0 Å². The quantitative estimate of drug-likeness (QED) is 0.106. The molecule has 1 aliphatic carbocycles. The van der Waals surface area contributed by atoms with Crippen LogP contribution in [0.25, 0.3) is 10.8 Å². The average molecular weight is 617 g/mol. The summed E-state index contributed by atoms with van der Waals surface area (Å²) in [4.78, 5) is 38.1. The van der Waals surface area contributed by atoms with Crippen LogP contribution in [0.4, 0.5) is 5.69 Å². The lowest BCUT2D eigenvalue weighted by atomic mass is 9.93. The van der Waals surface area contributed by atoms with Crippen LogP contribution in [0.3, 0.4) is 0 Å². The highest BCUT2D eigenvalue weighted by Crippen LogP contribution is 2.30. The number of carboxylic acids is 1. The van der Waals surface area contributed by atoms with E-state index in [1.54, 1.807) is 42.5 Å². The molecule has 9 nitrogen and oxygen atoms in total. The maximum Gasteiger partial charge on any atom is 0.337 e. The molecule has 3 N–H and O–H groups in total. The van der Waals surface area contributed by atoms with Crippen molar-refractivity contribution >= 4 is 40.3 Å². The predicted octanol–water partition coefficient (Wildman–Crippen LogP) is 8.38. The number of carboxylic acid groups (broad SMARTS) is 1. The van der Waals surface area contributed by atoms with E-state index in [1.165, 1.54) is 24.7 Å². The second-order valence-corrected chi connectivity index (χ2v) is 11.4. The highest BCUT2D eigenvalue weighted by molar-refractivity contribution is 7.97. The number of unbranched alkanes of at least 4 members (excludes halogenated alkanes) is 1. The van der Waals surface area contributed by atoms with Crippen molar-refractivity contribution in [3.63, 3.8) is 0 Å². The van der Waals surface area contributed by atoms with Gasteiger partial charge in [0.25, 0.3) is 5.91 Å². The normalized spacial score (nSPS) is 15.9. The van der Waals surface area contributed by atoms with Gasteiger partial charge in [-0.2, -0.15) is 0 Å². The predicted molar refractivity (Wildman–Crippen MR) is 176 cm³/mol. The summed E-state index contributed by atoms with van der Waals surface area (Å²) in [5, 5.41) is 14.1. The van der Waals surface area contributed by atoms with Gasteiger partial charge in [-0.05, 0) is 104 Å². The van der Waals surface area contributed by atoms with E-state index < -0.39 is 11.9 Å². The molecule has 4 aromatic rings. The largest absolute Gasteiger partial charge is 0.490 e. The van der Waals surface area contributed by atoms with Gasteiger partial charge in [-0.3, -0.25) is 9.52 Å². The summed E-state index contributed by atoms with van der Waals surface area (Å²) in [7, 11) is 0. The van der Waals surface area contributed by atoms with Crippen molar-refractivity contribution in [2.45, 2.75) is 57.6 Å². The van der Waals surface area contributed by atoms with Crippen LogP contribution in [-0.4, -0.2) is 34.9 Å². The first-order chi connectivity index (χ1) is 21.5. The Kier molecular flexibility index (Phi) is 12.1. The molecule has 1 saturated carbocycles. The molecular formula is C34H36N2O7S. The van der Waals surface area contributed by atoms with E-state index in [1.807, 2.05) is 36.2 Å². The number of hydrogen-bond acceptors (Lipinski definition) is 8. The lowest BCUT2D eigenvalue weighted by molar-refractivity contribution is 0.0698. The standard InChI is InChI=1S/C34H36N2O5S.O2/c1-2-3-20-42-36-26-12-18-28(19-13-26)41-30-17-11-24-21-29(16-10-25(24)22-30)40-27-14-8-23(9-15-27)33(37)35-32-7-5-4-6-31(32)34(38)39;1-2/h4-11,14-17,21-22,26,28,36H,2-3,12-13,18-20H2,1H3,(H,35,37)(H,38,39);. The molecule has 0 spiro atoms. The molecule has 0 atom stereocenters. The topological polar surface area (TPSA) is 131 Å². The fourth-order valence-corrected chi connectivity index (χ4v) is 6.03. The van der Waals surface area contributed by atoms with E-state index in [4.69, 9.17) is 19.4 Å². The molecule has 0 saturated heterocycles. The first-order valence-corrected chi connectivity index (χ1v) is 15.6. The van der Waals surface area contributed by atoms with Gasteiger partial charge in [0.15, 0.2) is 0 Å². The van der Waals surface area contributed by atoms with Gasteiger partial charge in [-0.25, -0.2) is 4.79 Å². The van der Waals surface area contributed by atoms with Crippen molar-refractivity contribution in [1.29, 1.82) is 0 Å². The molecule has 0 radical (unpaired) electrons. The van der Waals surface area contributed by atoms with Gasteiger partial charge in [0.1, 0.15) is 17.2 Å². The smallest absolute Gasteiger partial charge is 0.337 e. The number of para-hydroxylation sites is 1. The number of anilines is 1. The summed E-state index contributed by atoms with van der Waals surface area (Å²) in [6.45, 7) is 2.23. The van der Waals surface area contributed by atoms with Crippen LogP contribution in [0, 0.1) is 9.93 Å². The minimum Gasteiger partial charge on any atom is -0.490 e. The molecule has 10 heteroatoms. The van der Waals surface area contributed by atoms with E-state index in [9.17, 15) is 14.7 Å². The maximum absolute atomic E-state index is 12.7. The van der Waals surface area contributed by atoms with Crippen LogP contribution >= 0.6 is 11.9 Å². The minimum atomic E-state index is -1.10. The highest BCUT2D eigenvalue weighted by atomic mass is 32.2. The Morgan fingerprint density at radius 3 is 2.16 bits per heavy atom. The van der Waals surface area contributed by atoms with E-state index in [0.29, 0.717) is 23.1 Å². The number of rotatable bonds is 12. The fraction of sp³-hybridized carbons (Fsp3) is 0.294. The monoisotopic (exact) mass is 616 g/mol. The molecule has 0 heterocycles. The molecule has 4 aromatic carbocycles. The van der Waals surface area contributed by atoms with Crippen molar-refractivity contribution in [1.82, 2.24) is 4.72 Å². The molecular weight excluding hydrogens is 580 g/mol. The van der Waals surface area contributed by atoms with Gasteiger partial charge in [0.05, 0.1) is 17.4 Å². The fourth-order valence-electron chi connectivity index (χ4n) is 5.01. The van der Waals surface area contributed by atoms with E-state index in [0.717, 1.165) is 42.2 Å². The molecule has 44 heavy (non-hydrogen) atoms. The molecule has 0 unspecified atom stereocenters. The Hall–Kier alpha value is -4.41. The SMILES string of the molecule is CCCCSNC1CCC(Oc2ccc3cc(Oc4ccc(C(=O)Nc5ccccc5C(=O)O)cc4)ccc3c2)CC1.O=O.